The summed E-state index contributed by atoms with van der Waals surface area (Å²) in [4.78, 5) is -0.0386. The lowest BCUT2D eigenvalue weighted by Crippen LogP contribution is -2.33. The van der Waals surface area contributed by atoms with Crippen molar-refractivity contribution in [3.63, 3.8) is 0 Å². The minimum Gasteiger partial charge on any atom is -0.398 e. The molecule has 1 aliphatic rings. The topological polar surface area (TPSA) is 63.4 Å². The van der Waals surface area contributed by atoms with Crippen LogP contribution in [-0.2, 0) is 10.0 Å². The second-order valence-corrected chi connectivity index (χ2v) is 7.46. The van der Waals surface area contributed by atoms with E-state index < -0.39 is 15.8 Å². The quantitative estimate of drug-likeness (QED) is 0.830. The maximum absolute atomic E-state index is 13.3. The van der Waals surface area contributed by atoms with Crippen LogP contribution < -0.4 is 5.73 Å². The van der Waals surface area contributed by atoms with Gasteiger partial charge in [-0.1, -0.05) is 6.92 Å². The largest absolute Gasteiger partial charge is 0.398 e. The van der Waals surface area contributed by atoms with Crippen LogP contribution in [0, 0.1) is 11.7 Å². The Hall–Kier alpha value is -0.660. The third-order valence-electron chi connectivity index (χ3n) is 3.18. The lowest BCUT2D eigenvalue weighted by Gasteiger charge is -2.21. The van der Waals surface area contributed by atoms with Gasteiger partial charge < -0.3 is 5.73 Å². The second kappa shape index (κ2) is 5.38. The summed E-state index contributed by atoms with van der Waals surface area (Å²) >= 11 is 2.99. The van der Waals surface area contributed by atoms with Gasteiger partial charge in [-0.05, 0) is 46.8 Å². The normalized spacial score (nSPS) is 16.0. The minimum absolute atomic E-state index is 0.0386. The zero-order valence-electron chi connectivity index (χ0n) is 10.6. The van der Waals surface area contributed by atoms with Crippen LogP contribution in [0.2, 0.25) is 0 Å². The molecule has 7 heteroatoms. The fourth-order valence-corrected chi connectivity index (χ4v) is 4.04. The van der Waals surface area contributed by atoms with Crippen LogP contribution in [0.15, 0.2) is 21.5 Å². The van der Waals surface area contributed by atoms with Crippen LogP contribution >= 0.6 is 15.9 Å². The van der Waals surface area contributed by atoms with Gasteiger partial charge in [0, 0.05) is 13.1 Å². The third kappa shape index (κ3) is 3.09. The predicted molar refractivity (Wildman–Crippen MR) is 75.7 cm³/mol. The van der Waals surface area contributed by atoms with Gasteiger partial charge in [0.1, 0.15) is 10.7 Å². The first-order valence-electron chi connectivity index (χ1n) is 6.11. The molecule has 1 saturated carbocycles. The number of hydrogen-bond acceptors (Lipinski definition) is 3. The van der Waals surface area contributed by atoms with Crippen LogP contribution in [0.25, 0.3) is 0 Å². The average molecular weight is 351 g/mol. The number of nitrogen functional groups attached to an aromatic ring is 1. The Morgan fingerprint density at radius 2 is 2.11 bits per heavy atom. The van der Waals surface area contributed by atoms with Gasteiger partial charge in [-0.3, -0.25) is 0 Å². The van der Waals surface area contributed by atoms with Crippen LogP contribution in [-0.4, -0.2) is 25.8 Å². The molecule has 1 fully saturated rings. The zero-order valence-corrected chi connectivity index (χ0v) is 13.0. The molecule has 2 rings (SSSR count). The number of nitrogens with zero attached hydrogens (tertiary/aromatic N) is 1. The maximum Gasteiger partial charge on any atom is 0.245 e. The van der Waals surface area contributed by atoms with E-state index in [1.807, 2.05) is 0 Å². The van der Waals surface area contributed by atoms with Gasteiger partial charge in [-0.25, -0.2) is 12.8 Å². The van der Waals surface area contributed by atoms with Crippen molar-refractivity contribution in [3.8, 4) is 0 Å². The van der Waals surface area contributed by atoms with Gasteiger partial charge in [0.05, 0.1) is 10.2 Å². The summed E-state index contributed by atoms with van der Waals surface area (Å²) in [5.74, 6) is -0.124. The molecule has 0 aliphatic heterocycles. The maximum atomic E-state index is 13.3. The van der Waals surface area contributed by atoms with Crippen molar-refractivity contribution in [2.45, 2.75) is 24.7 Å². The Balaban J connectivity index is 2.39. The lowest BCUT2D eigenvalue weighted by molar-refractivity contribution is 0.412. The zero-order chi connectivity index (χ0) is 14.2. The Kier molecular flexibility index (Phi) is 4.17. The standard InChI is InChI=1S/C12H16BrFN2O2S/c1-2-16(7-8-3-4-8)19(17,18)12-5-9(13)10(14)6-11(12)15/h5-6,8H,2-4,7,15H2,1H3. The first-order valence-corrected chi connectivity index (χ1v) is 8.34. The van der Waals surface area contributed by atoms with E-state index in [0.29, 0.717) is 19.0 Å². The molecule has 1 aromatic rings. The molecule has 2 N–H and O–H groups in total. The molecule has 0 heterocycles. The summed E-state index contributed by atoms with van der Waals surface area (Å²) in [6.07, 6.45) is 2.13. The summed E-state index contributed by atoms with van der Waals surface area (Å²) in [6, 6.07) is 2.26. The lowest BCUT2D eigenvalue weighted by atomic mass is 10.3. The van der Waals surface area contributed by atoms with E-state index in [1.54, 1.807) is 6.92 Å². The van der Waals surface area contributed by atoms with Gasteiger partial charge >= 0.3 is 0 Å². The first kappa shape index (κ1) is 14.7. The van der Waals surface area contributed by atoms with Crippen molar-refractivity contribution < 1.29 is 12.8 Å². The number of benzene rings is 1. The molecule has 0 aromatic heterocycles. The highest BCUT2D eigenvalue weighted by Gasteiger charge is 2.32. The fourth-order valence-electron chi connectivity index (χ4n) is 1.89. The molecule has 1 aliphatic carbocycles. The third-order valence-corrected chi connectivity index (χ3v) is 5.79. The molecular formula is C12H16BrFN2O2S. The van der Waals surface area contributed by atoms with Gasteiger partial charge in [0.15, 0.2) is 0 Å². The molecule has 4 nitrogen and oxygen atoms in total. The predicted octanol–water partition coefficient (Wildman–Crippen LogP) is 2.59. The van der Waals surface area contributed by atoms with Crippen molar-refractivity contribution in [3.05, 3.63) is 22.4 Å². The average Bonchev–Trinajstić information content (AvgIpc) is 3.14. The highest BCUT2D eigenvalue weighted by molar-refractivity contribution is 9.10. The molecule has 19 heavy (non-hydrogen) atoms. The Morgan fingerprint density at radius 1 is 1.47 bits per heavy atom. The molecule has 0 atom stereocenters. The van der Waals surface area contributed by atoms with Gasteiger partial charge in [-0.2, -0.15) is 4.31 Å². The van der Waals surface area contributed by atoms with Gasteiger partial charge in [0.2, 0.25) is 10.0 Å². The number of hydrogen-bond donors (Lipinski definition) is 1. The van der Waals surface area contributed by atoms with Crippen molar-refractivity contribution >= 4 is 31.6 Å². The van der Waals surface area contributed by atoms with Crippen molar-refractivity contribution in [2.75, 3.05) is 18.8 Å². The Morgan fingerprint density at radius 3 is 2.63 bits per heavy atom. The van der Waals surface area contributed by atoms with E-state index in [9.17, 15) is 12.8 Å². The molecule has 0 saturated heterocycles. The summed E-state index contributed by atoms with van der Waals surface area (Å²) < 4.78 is 39.8. The van der Waals surface area contributed by atoms with E-state index >= 15 is 0 Å². The highest BCUT2D eigenvalue weighted by atomic mass is 79.9. The van der Waals surface area contributed by atoms with Crippen LogP contribution in [0.3, 0.4) is 0 Å². The Bertz CT molecular complexity index is 588. The smallest absolute Gasteiger partial charge is 0.245 e. The Labute approximate surface area is 121 Å². The first-order chi connectivity index (χ1) is 8.86. The van der Waals surface area contributed by atoms with Crippen molar-refractivity contribution in [1.29, 1.82) is 0 Å². The molecule has 1 aromatic carbocycles. The van der Waals surface area contributed by atoms with E-state index in [4.69, 9.17) is 5.73 Å². The van der Waals surface area contributed by atoms with Gasteiger partial charge in [0.25, 0.3) is 0 Å². The number of rotatable bonds is 5. The van der Waals surface area contributed by atoms with E-state index in [-0.39, 0.29) is 15.1 Å². The van der Waals surface area contributed by atoms with E-state index in [1.165, 1.54) is 10.4 Å². The summed E-state index contributed by atoms with van der Waals surface area (Å²) in [5.41, 5.74) is 5.59. The molecule has 0 unspecified atom stereocenters. The fraction of sp³-hybridized carbons (Fsp3) is 0.500. The summed E-state index contributed by atoms with van der Waals surface area (Å²) in [6.45, 7) is 2.68. The van der Waals surface area contributed by atoms with Crippen LogP contribution in [0.5, 0.6) is 0 Å². The molecule has 0 amide bonds. The van der Waals surface area contributed by atoms with Crippen LogP contribution in [0.1, 0.15) is 19.8 Å². The number of anilines is 1. The minimum atomic E-state index is -3.66. The number of nitrogens with two attached hydrogens (primary N) is 1. The molecule has 0 spiro atoms. The van der Waals surface area contributed by atoms with Gasteiger partial charge in [-0.15, -0.1) is 0 Å². The monoisotopic (exact) mass is 350 g/mol. The second-order valence-electron chi connectivity index (χ2n) is 4.70. The van der Waals surface area contributed by atoms with E-state index in [0.717, 1.165) is 18.9 Å². The van der Waals surface area contributed by atoms with Crippen molar-refractivity contribution in [1.82, 2.24) is 4.31 Å². The van der Waals surface area contributed by atoms with Crippen molar-refractivity contribution in [2.24, 2.45) is 5.92 Å². The SMILES string of the molecule is CCN(CC1CC1)S(=O)(=O)c1cc(Br)c(F)cc1N. The highest BCUT2D eigenvalue weighted by Crippen LogP contribution is 2.33. The summed E-state index contributed by atoms with van der Waals surface area (Å²) in [5, 5.41) is 0. The molecular weight excluding hydrogens is 335 g/mol. The molecule has 106 valence electrons. The van der Waals surface area contributed by atoms with Crippen LogP contribution in [0.4, 0.5) is 10.1 Å². The molecule has 0 radical (unpaired) electrons. The number of sulfonamides is 1. The van der Waals surface area contributed by atoms with E-state index in [2.05, 4.69) is 15.9 Å². The molecule has 0 bridgehead atoms. The number of halogens is 2. The summed E-state index contributed by atoms with van der Waals surface area (Å²) in [7, 11) is -3.66.